The summed E-state index contributed by atoms with van der Waals surface area (Å²) in [4.78, 5) is 43.7. The van der Waals surface area contributed by atoms with Crippen LogP contribution in [0.3, 0.4) is 0 Å². The van der Waals surface area contributed by atoms with Crippen molar-refractivity contribution in [2.24, 2.45) is 23.2 Å². The molecular weight excluding hydrogens is 574 g/mol. The first-order chi connectivity index (χ1) is 18.7. The fourth-order valence-corrected chi connectivity index (χ4v) is 8.46. The van der Waals surface area contributed by atoms with E-state index in [0.717, 1.165) is 18.4 Å². The minimum Gasteiger partial charge on any atom is -0.394 e. The van der Waals surface area contributed by atoms with Crippen LogP contribution in [0.15, 0.2) is 30.3 Å². The third-order valence-corrected chi connectivity index (χ3v) is 9.71. The zero-order valence-electron chi connectivity index (χ0n) is 24.9. The van der Waals surface area contributed by atoms with Gasteiger partial charge in [-0.1, -0.05) is 87.3 Å². The second kappa shape index (κ2) is 11.4. The molecule has 1 aromatic rings. The lowest BCUT2D eigenvalue weighted by Crippen LogP contribution is -2.62. The Hall–Kier alpha value is -1.97. The molecule has 0 radical (unpaired) electrons. The number of halogens is 1. The number of hydrogen-bond donors (Lipinski definition) is 3. The molecule has 3 saturated heterocycles. The topological polar surface area (TPSA) is 108 Å². The second-order valence-corrected chi connectivity index (χ2v) is 15.0. The van der Waals surface area contributed by atoms with Crippen molar-refractivity contribution < 1.29 is 24.2 Å². The summed E-state index contributed by atoms with van der Waals surface area (Å²) in [5.41, 5.74) is -0.771. The average Bonchev–Trinajstić information content (AvgIpc) is 3.45. The highest BCUT2D eigenvalue weighted by Crippen LogP contribution is 2.60. The van der Waals surface area contributed by atoms with Crippen LogP contribution in [-0.4, -0.2) is 68.5 Å². The fourth-order valence-electron chi connectivity index (χ4n) is 7.51. The predicted octanol–water partition coefficient (Wildman–Crippen LogP) is 3.79. The Bertz CT molecular complexity index is 1110. The van der Waals surface area contributed by atoms with Crippen LogP contribution in [0.4, 0.5) is 0 Å². The summed E-state index contributed by atoms with van der Waals surface area (Å²) in [7, 11) is 0. The quantitative estimate of drug-likeness (QED) is 0.345. The van der Waals surface area contributed by atoms with Gasteiger partial charge in [0.05, 0.1) is 30.6 Å². The SMILES string of the molecule is CC[C@H](C)[C@H](CO)N1C(=O)[C@@H]2[C@H](C(=O)NCc3ccccc3)[C@H]3OC2(CC3Br)C1C(=O)NC(C)(C)CC(C)(C)C. The molecule has 3 aliphatic rings. The van der Waals surface area contributed by atoms with E-state index >= 15 is 0 Å². The smallest absolute Gasteiger partial charge is 0.246 e. The molecule has 40 heavy (non-hydrogen) atoms. The van der Waals surface area contributed by atoms with Crippen LogP contribution < -0.4 is 10.6 Å². The largest absolute Gasteiger partial charge is 0.394 e. The van der Waals surface area contributed by atoms with Gasteiger partial charge in [-0.2, -0.15) is 0 Å². The zero-order chi connectivity index (χ0) is 29.6. The molecule has 3 amide bonds. The summed E-state index contributed by atoms with van der Waals surface area (Å²) in [6.07, 6.45) is 1.36. The maximum absolute atomic E-state index is 14.4. The van der Waals surface area contributed by atoms with E-state index in [-0.39, 0.29) is 40.5 Å². The molecule has 222 valence electrons. The number of nitrogens with one attached hydrogen (secondary N) is 2. The number of nitrogens with zero attached hydrogens (tertiary/aromatic N) is 1. The monoisotopic (exact) mass is 619 g/mol. The van der Waals surface area contributed by atoms with Gasteiger partial charge in [0.1, 0.15) is 11.6 Å². The normalized spacial score (nSPS) is 31.2. The molecule has 0 aromatic heterocycles. The van der Waals surface area contributed by atoms with Crippen LogP contribution in [0.1, 0.15) is 73.3 Å². The van der Waals surface area contributed by atoms with Gasteiger partial charge in [0.25, 0.3) is 0 Å². The molecule has 8 nitrogen and oxygen atoms in total. The number of aliphatic hydroxyl groups is 1. The Balaban J connectivity index is 1.71. The zero-order valence-corrected chi connectivity index (χ0v) is 26.5. The number of aliphatic hydroxyl groups excluding tert-OH is 1. The Morgan fingerprint density at radius 3 is 2.40 bits per heavy atom. The molecule has 3 fully saturated rings. The van der Waals surface area contributed by atoms with Gasteiger partial charge < -0.3 is 25.4 Å². The number of amides is 3. The lowest BCUT2D eigenvalue weighted by molar-refractivity contribution is -0.147. The maximum atomic E-state index is 14.4. The van der Waals surface area contributed by atoms with E-state index in [0.29, 0.717) is 13.0 Å². The van der Waals surface area contributed by atoms with Crippen molar-refractivity contribution >= 4 is 33.7 Å². The number of carbonyl (C=O) groups excluding carboxylic acids is 3. The molecule has 4 rings (SSSR count). The summed E-state index contributed by atoms with van der Waals surface area (Å²) >= 11 is 3.73. The lowest BCUT2D eigenvalue weighted by Gasteiger charge is -2.41. The minimum atomic E-state index is -1.16. The summed E-state index contributed by atoms with van der Waals surface area (Å²) in [6.45, 7) is 14.4. The molecule has 3 heterocycles. The molecule has 1 spiro atoms. The summed E-state index contributed by atoms with van der Waals surface area (Å²) < 4.78 is 6.63. The first-order valence-corrected chi connectivity index (χ1v) is 15.5. The van der Waals surface area contributed by atoms with Gasteiger partial charge in [0.15, 0.2) is 0 Å². The Morgan fingerprint density at radius 2 is 1.82 bits per heavy atom. The van der Waals surface area contributed by atoms with E-state index in [1.54, 1.807) is 4.90 Å². The third kappa shape index (κ3) is 5.71. The first kappa shape index (κ1) is 31.0. The molecule has 9 heteroatoms. The number of ether oxygens (including phenoxy) is 1. The van der Waals surface area contributed by atoms with Gasteiger partial charge in [-0.25, -0.2) is 0 Å². The van der Waals surface area contributed by atoms with E-state index in [1.165, 1.54) is 0 Å². The van der Waals surface area contributed by atoms with Gasteiger partial charge in [-0.3, -0.25) is 14.4 Å². The van der Waals surface area contributed by atoms with Gasteiger partial charge in [0, 0.05) is 16.9 Å². The summed E-state index contributed by atoms with van der Waals surface area (Å²) in [5.74, 6) is -2.43. The van der Waals surface area contributed by atoms with Crippen molar-refractivity contribution in [1.82, 2.24) is 15.5 Å². The molecule has 8 atom stereocenters. The number of likely N-dealkylation sites (tertiary alicyclic amines) is 1. The third-order valence-electron chi connectivity index (χ3n) is 8.87. The van der Waals surface area contributed by atoms with Crippen molar-refractivity contribution in [2.45, 2.75) is 108 Å². The highest BCUT2D eigenvalue weighted by atomic mass is 79.9. The van der Waals surface area contributed by atoms with Gasteiger partial charge in [-0.15, -0.1) is 0 Å². The van der Waals surface area contributed by atoms with Crippen molar-refractivity contribution in [3.63, 3.8) is 0 Å². The summed E-state index contributed by atoms with van der Waals surface area (Å²) in [5, 5.41) is 16.7. The number of benzene rings is 1. The van der Waals surface area contributed by atoms with Crippen molar-refractivity contribution in [2.75, 3.05) is 6.61 Å². The van der Waals surface area contributed by atoms with Crippen LogP contribution >= 0.6 is 15.9 Å². The standard InChI is InChI=1S/C31H46BrN3O5/c1-8-18(2)21(16-36)35-25(27(38)34-30(6,7)17-29(3,4)5)31-14-20(32)24(40-31)22(23(31)28(35)39)26(37)33-15-19-12-10-9-11-13-19/h9-13,18,20-25,36H,8,14-17H2,1-7H3,(H,33,37)(H,34,38)/t18-,20?,21-,22-,23-,24-,25?,31?/m0/s1. The van der Waals surface area contributed by atoms with E-state index in [2.05, 4.69) is 47.3 Å². The van der Waals surface area contributed by atoms with Crippen molar-refractivity contribution in [3.8, 4) is 0 Å². The lowest BCUT2D eigenvalue weighted by atomic mass is 9.70. The minimum absolute atomic E-state index is 0.0294. The van der Waals surface area contributed by atoms with Gasteiger partial charge >= 0.3 is 0 Å². The second-order valence-electron chi connectivity index (χ2n) is 13.9. The molecule has 0 saturated carbocycles. The molecule has 3 aliphatic heterocycles. The highest BCUT2D eigenvalue weighted by molar-refractivity contribution is 9.09. The Kier molecular flexibility index (Phi) is 8.80. The summed E-state index contributed by atoms with van der Waals surface area (Å²) in [6, 6.07) is 8.11. The number of rotatable bonds is 10. The van der Waals surface area contributed by atoms with E-state index in [1.807, 2.05) is 58.0 Å². The molecule has 2 bridgehead atoms. The Labute approximate surface area is 247 Å². The molecule has 0 aliphatic carbocycles. The highest BCUT2D eigenvalue weighted by Gasteiger charge is 2.77. The average molecular weight is 621 g/mol. The van der Waals surface area contributed by atoms with Crippen molar-refractivity contribution in [3.05, 3.63) is 35.9 Å². The number of fused-ring (bicyclic) bond motifs is 1. The molecule has 1 aromatic carbocycles. The Morgan fingerprint density at radius 1 is 1.18 bits per heavy atom. The number of carbonyl (C=O) groups is 3. The van der Waals surface area contributed by atoms with Crippen LogP contribution in [0.2, 0.25) is 0 Å². The van der Waals surface area contributed by atoms with Crippen LogP contribution in [0.25, 0.3) is 0 Å². The predicted molar refractivity (Wildman–Crippen MR) is 157 cm³/mol. The van der Waals surface area contributed by atoms with E-state index < -0.39 is 41.2 Å². The van der Waals surface area contributed by atoms with Crippen LogP contribution in [0, 0.1) is 23.2 Å². The van der Waals surface area contributed by atoms with Crippen molar-refractivity contribution in [1.29, 1.82) is 0 Å². The molecule has 3 N–H and O–H groups in total. The van der Waals surface area contributed by atoms with Gasteiger partial charge in [-0.05, 0) is 43.6 Å². The fraction of sp³-hybridized carbons (Fsp3) is 0.710. The van der Waals surface area contributed by atoms with Crippen LogP contribution in [0.5, 0.6) is 0 Å². The van der Waals surface area contributed by atoms with Crippen LogP contribution in [-0.2, 0) is 25.7 Å². The number of hydrogen-bond acceptors (Lipinski definition) is 5. The molecule has 3 unspecified atom stereocenters. The maximum Gasteiger partial charge on any atom is 0.246 e. The van der Waals surface area contributed by atoms with E-state index in [9.17, 15) is 19.5 Å². The number of alkyl halides is 1. The first-order valence-electron chi connectivity index (χ1n) is 14.5. The molecular formula is C31H46BrN3O5. The van der Waals surface area contributed by atoms with E-state index in [4.69, 9.17) is 4.74 Å². The van der Waals surface area contributed by atoms with Gasteiger partial charge in [0.2, 0.25) is 17.7 Å².